The summed E-state index contributed by atoms with van der Waals surface area (Å²) in [5.74, 6) is 0.909. The van der Waals surface area contributed by atoms with E-state index in [1.807, 2.05) is 24.3 Å². The van der Waals surface area contributed by atoms with E-state index in [0.717, 1.165) is 24.4 Å². The molecule has 1 unspecified atom stereocenters. The van der Waals surface area contributed by atoms with Gasteiger partial charge in [0.25, 0.3) is 0 Å². The fourth-order valence-corrected chi connectivity index (χ4v) is 2.36. The van der Waals surface area contributed by atoms with E-state index in [1.54, 1.807) is 0 Å². The van der Waals surface area contributed by atoms with E-state index in [1.165, 1.54) is 13.0 Å². The highest BCUT2D eigenvalue weighted by Gasteiger charge is 2.31. The van der Waals surface area contributed by atoms with Gasteiger partial charge in [0.2, 0.25) is 0 Å². The van der Waals surface area contributed by atoms with Gasteiger partial charge < -0.3 is 15.4 Å². The van der Waals surface area contributed by atoms with E-state index in [9.17, 15) is 0 Å². The molecule has 0 bridgehead atoms. The van der Waals surface area contributed by atoms with Crippen LogP contribution >= 0.6 is 24.8 Å². The number of halogens is 2. The standard InChI is InChI=1S/C13H20N2O.2ClH/c1-13(8-3-9-15(2)10-13)16-12-6-4-11(14)5-7-12;;/h4-7H,3,8-10,14H2,1-2H3;2*1H. The molecule has 0 aliphatic carbocycles. The third-order valence-electron chi connectivity index (χ3n) is 3.09. The van der Waals surface area contributed by atoms with Crippen molar-refractivity contribution in [3.63, 3.8) is 0 Å². The first-order chi connectivity index (χ1) is 7.57. The second-order valence-corrected chi connectivity index (χ2v) is 4.96. The number of anilines is 1. The molecule has 1 aliphatic rings. The van der Waals surface area contributed by atoms with Crippen molar-refractivity contribution >= 4 is 30.5 Å². The summed E-state index contributed by atoms with van der Waals surface area (Å²) in [6.45, 7) is 4.33. The largest absolute Gasteiger partial charge is 0.486 e. The fourth-order valence-electron chi connectivity index (χ4n) is 2.36. The third-order valence-corrected chi connectivity index (χ3v) is 3.09. The van der Waals surface area contributed by atoms with E-state index in [0.29, 0.717) is 0 Å². The van der Waals surface area contributed by atoms with Crippen molar-refractivity contribution in [1.29, 1.82) is 0 Å². The van der Waals surface area contributed by atoms with Crippen LogP contribution in [0.4, 0.5) is 5.69 Å². The number of likely N-dealkylation sites (tertiary alicyclic amines) is 1. The molecule has 1 aromatic carbocycles. The molecule has 1 aliphatic heterocycles. The predicted molar refractivity (Wildman–Crippen MR) is 81.1 cm³/mol. The average molecular weight is 293 g/mol. The summed E-state index contributed by atoms with van der Waals surface area (Å²) < 4.78 is 6.07. The van der Waals surface area contributed by atoms with Crippen LogP contribution in [0.25, 0.3) is 0 Å². The summed E-state index contributed by atoms with van der Waals surface area (Å²) in [7, 11) is 2.14. The third kappa shape index (κ3) is 4.56. The van der Waals surface area contributed by atoms with Gasteiger partial charge in [-0.05, 0) is 57.6 Å². The van der Waals surface area contributed by atoms with Gasteiger partial charge in [-0.15, -0.1) is 24.8 Å². The minimum atomic E-state index is -0.0664. The Balaban J connectivity index is 0.00000144. The smallest absolute Gasteiger partial charge is 0.120 e. The summed E-state index contributed by atoms with van der Waals surface area (Å²) in [5.41, 5.74) is 6.36. The van der Waals surface area contributed by atoms with Crippen molar-refractivity contribution in [2.24, 2.45) is 0 Å². The molecule has 0 radical (unpaired) electrons. The minimum Gasteiger partial charge on any atom is -0.486 e. The molecule has 2 rings (SSSR count). The van der Waals surface area contributed by atoms with Crippen LogP contribution in [0.5, 0.6) is 5.75 Å². The van der Waals surface area contributed by atoms with E-state index in [4.69, 9.17) is 10.5 Å². The SMILES string of the molecule is CN1CCCC(C)(Oc2ccc(N)cc2)C1.Cl.Cl. The van der Waals surface area contributed by atoms with Crippen LogP contribution < -0.4 is 10.5 Å². The highest BCUT2D eigenvalue weighted by atomic mass is 35.5. The fraction of sp³-hybridized carbons (Fsp3) is 0.538. The maximum absolute atomic E-state index is 6.07. The number of benzene rings is 1. The van der Waals surface area contributed by atoms with Gasteiger partial charge in [0.05, 0.1) is 0 Å². The number of ether oxygens (including phenoxy) is 1. The number of nitrogen functional groups attached to an aromatic ring is 1. The number of rotatable bonds is 2. The molecule has 5 heteroatoms. The van der Waals surface area contributed by atoms with Gasteiger partial charge in [-0.2, -0.15) is 0 Å². The van der Waals surface area contributed by atoms with Crippen LogP contribution in [0.2, 0.25) is 0 Å². The lowest BCUT2D eigenvalue weighted by Gasteiger charge is -2.38. The zero-order chi connectivity index (χ0) is 11.6. The van der Waals surface area contributed by atoms with Gasteiger partial charge in [-0.25, -0.2) is 0 Å². The molecule has 1 atom stereocenters. The maximum atomic E-state index is 6.07. The zero-order valence-electron chi connectivity index (χ0n) is 10.9. The Morgan fingerprint density at radius 3 is 2.39 bits per heavy atom. The number of hydrogen-bond donors (Lipinski definition) is 1. The average Bonchev–Trinajstić information content (AvgIpc) is 2.21. The lowest BCUT2D eigenvalue weighted by Crippen LogP contribution is -2.48. The van der Waals surface area contributed by atoms with Crippen molar-refractivity contribution in [3.8, 4) is 5.75 Å². The monoisotopic (exact) mass is 292 g/mol. The molecular weight excluding hydrogens is 271 g/mol. The summed E-state index contributed by atoms with van der Waals surface area (Å²) >= 11 is 0. The van der Waals surface area contributed by atoms with Gasteiger partial charge in [0.1, 0.15) is 11.4 Å². The van der Waals surface area contributed by atoms with Crippen molar-refractivity contribution < 1.29 is 4.74 Å². The number of likely N-dealkylation sites (N-methyl/N-ethyl adjacent to an activating group) is 1. The Morgan fingerprint density at radius 2 is 1.83 bits per heavy atom. The topological polar surface area (TPSA) is 38.5 Å². The maximum Gasteiger partial charge on any atom is 0.120 e. The summed E-state index contributed by atoms with van der Waals surface area (Å²) in [4.78, 5) is 2.32. The molecule has 2 N–H and O–H groups in total. The quantitative estimate of drug-likeness (QED) is 0.852. The van der Waals surface area contributed by atoms with E-state index >= 15 is 0 Å². The molecule has 1 aromatic rings. The van der Waals surface area contributed by atoms with Crippen molar-refractivity contribution in [2.45, 2.75) is 25.4 Å². The van der Waals surface area contributed by atoms with Crippen LogP contribution in [-0.2, 0) is 0 Å². The zero-order valence-corrected chi connectivity index (χ0v) is 12.5. The predicted octanol–water partition coefficient (Wildman–Crippen LogP) is 2.98. The number of piperidine rings is 1. The lowest BCUT2D eigenvalue weighted by atomic mass is 9.95. The Morgan fingerprint density at radius 1 is 1.22 bits per heavy atom. The Labute approximate surface area is 121 Å². The Hall–Kier alpha value is -0.640. The van der Waals surface area contributed by atoms with Gasteiger partial charge in [-0.3, -0.25) is 0 Å². The first kappa shape index (κ1) is 17.4. The van der Waals surface area contributed by atoms with E-state index in [-0.39, 0.29) is 30.4 Å². The molecule has 0 spiro atoms. The molecule has 3 nitrogen and oxygen atoms in total. The van der Waals surface area contributed by atoms with Crippen LogP contribution in [-0.4, -0.2) is 30.6 Å². The van der Waals surface area contributed by atoms with E-state index < -0.39 is 0 Å². The van der Waals surface area contributed by atoms with Crippen LogP contribution in [0.3, 0.4) is 0 Å². The van der Waals surface area contributed by atoms with Gasteiger partial charge in [0.15, 0.2) is 0 Å². The van der Waals surface area contributed by atoms with Crippen LogP contribution in [0.15, 0.2) is 24.3 Å². The minimum absolute atomic E-state index is 0. The number of nitrogens with zero attached hydrogens (tertiary/aromatic N) is 1. The summed E-state index contributed by atoms with van der Waals surface area (Å²) in [6.07, 6.45) is 2.31. The molecule has 1 heterocycles. The van der Waals surface area contributed by atoms with Gasteiger partial charge in [0, 0.05) is 12.2 Å². The first-order valence-corrected chi connectivity index (χ1v) is 5.81. The normalized spacial score (nSPS) is 23.7. The molecule has 18 heavy (non-hydrogen) atoms. The molecule has 1 saturated heterocycles. The highest BCUT2D eigenvalue weighted by Crippen LogP contribution is 2.27. The lowest BCUT2D eigenvalue weighted by molar-refractivity contribution is 0.0156. The molecule has 104 valence electrons. The van der Waals surface area contributed by atoms with Crippen LogP contribution in [0.1, 0.15) is 19.8 Å². The summed E-state index contributed by atoms with van der Waals surface area (Å²) in [6, 6.07) is 7.64. The molecule has 1 fully saturated rings. The second kappa shape index (κ2) is 7.07. The van der Waals surface area contributed by atoms with Crippen molar-refractivity contribution in [1.82, 2.24) is 4.90 Å². The van der Waals surface area contributed by atoms with Crippen molar-refractivity contribution in [3.05, 3.63) is 24.3 Å². The van der Waals surface area contributed by atoms with Crippen molar-refractivity contribution in [2.75, 3.05) is 25.9 Å². The molecule has 0 amide bonds. The van der Waals surface area contributed by atoms with Crippen LogP contribution in [0, 0.1) is 0 Å². The molecular formula is C13H22Cl2N2O. The number of nitrogens with two attached hydrogens (primary N) is 1. The first-order valence-electron chi connectivity index (χ1n) is 5.81. The van der Waals surface area contributed by atoms with Gasteiger partial charge in [-0.1, -0.05) is 0 Å². The summed E-state index contributed by atoms with van der Waals surface area (Å²) in [5, 5.41) is 0. The number of hydrogen-bond acceptors (Lipinski definition) is 3. The molecule has 0 saturated carbocycles. The Bertz CT molecular complexity index is 359. The molecule has 0 aromatic heterocycles. The van der Waals surface area contributed by atoms with E-state index in [2.05, 4.69) is 18.9 Å². The second-order valence-electron chi connectivity index (χ2n) is 4.96. The Kier molecular flexibility index (Phi) is 6.82. The highest BCUT2D eigenvalue weighted by molar-refractivity contribution is 5.85. The van der Waals surface area contributed by atoms with Gasteiger partial charge >= 0.3 is 0 Å².